The molecular weight excluding hydrogens is 179 g/mol. The fourth-order valence-corrected chi connectivity index (χ4v) is 1.75. The van der Waals surface area contributed by atoms with Crippen LogP contribution in [0.5, 0.6) is 0 Å². The molecule has 56 valence electrons. The summed E-state index contributed by atoms with van der Waals surface area (Å²) >= 11 is -0.186. The molecule has 2 nitrogen and oxygen atoms in total. The van der Waals surface area contributed by atoms with Crippen LogP contribution in [0.15, 0.2) is 0 Å². The van der Waals surface area contributed by atoms with Gasteiger partial charge in [-0.3, -0.25) is 4.21 Å². The molecule has 5 heteroatoms. The fourth-order valence-electron chi connectivity index (χ4n) is 0.352. The summed E-state index contributed by atoms with van der Waals surface area (Å²) in [5.74, 6) is 0.997. The van der Waals surface area contributed by atoms with Crippen molar-refractivity contribution in [2.24, 2.45) is 0 Å². The number of rotatable bonds is 4. The Morgan fingerprint density at radius 2 is 2.10 bits per heavy atom. The summed E-state index contributed by atoms with van der Waals surface area (Å²) in [6.45, 7) is 4.11. The van der Waals surface area contributed by atoms with E-state index in [2.05, 4.69) is 13.8 Å². The van der Waals surface area contributed by atoms with Gasteiger partial charge in [0.1, 0.15) is 0 Å². The van der Waals surface area contributed by atoms with Gasteiger partial charge in [0, 0.05) is 11.5 Å². The van der Waals surface area contributed by atoms with Gasteiger partial charge in [0.25, 0.3) is 0 Å². The molecule has 1 atom stereocenters. The van der Waals surface area contributed by atoms with Crippen molar-refractivity contribution in [2.45, 2.75) is 19.1 Å². The van der Waals surface area contributed by atoms with E-state index in [1.807, 2.05) is 0 Å². The van der Waals surface area contributed by atoms with E-state index in [0.29, 0.717) is 11.0 Å². The minimum Gasteiger partial charge on any atom is -0.772 e. The maximum atomic E-state index is 9.97. The molecule has 0 aromatic rings. The standard InChI is InChI=1S/C5H12O2S2.Na/c1-5(2)8-3-4-9(6)7;/h5H,3-4H2,1-2H3,(H,6,7);/q;+1/p-1. The number of hydrogen-bond acceptors (Lipinski definition) is 3. The van der Waals surface area contributed by atoms with Crippen LogP contribution < -0.4 is 29.6 Å². The minimum absolute atomic E-state index is 0. The van der Waals surface area contributed by atoms with Crippen molar-refractivity contribution in [1.29, 1.82) is 0 Å². The van der Waals surface area contributed by atoms with E-state index >= 15 is 0 Å². The maximum absolute atomic E-state index is 9.97. The van der Waals surface area contributed by atoms with Gasteiger partial charge in [0.2, 0.25) is 0 Å². The molecule has 0 N–H and O–H groups in total. The normalized spacial score (nSPS) is 12.8. The van der Waals surface area contributed by atoms with Crippen LogP contribution in [-0.2, 0) is 11.1 Å². The first-order valence-electron chi connectivity index (χ1n) is 2.80. The molecular formula is C5H11NaO2S2. The van der Waals surface area contributed by atoms with E-state index in [9.17, 15) is 8.76 Å². The largest absolute Gasteiger partial charge is 1.00 e. The van der Waals surface area contributed by atoms with Crippen LogP contribution in [-0.4, -0.2) is 25.5 Å². The van der Waals surface area contributed by atoms with Gasteiger partial charge in [-0.05, 0) is 5.25 Å². The van der Waals surface area contributed by atoms with E-state index in [0.717, 1.165) is 0 Å². The van der Waals surface area contributed by atoms with Gasteiger partial charge in [-0.15, -0.1) is 0 Å². The van der Waals surface area contributed by atoms with Crippen LogP contribution in [0.2, 0.25) is 0 Å². The van der Waals surface area contributed by atoms with Gasteiger partial charge >= 0.3 is 29.6 Å². The van der Waals surface area contributed by atoms with Gasteiger partial charge in [-0.1, -0.05) is 24.9 Å². The average molecular weight is 190 g/mol. The molecule has 0 saturated heterocycles. The van der Waals surface area contributed by atoms with Crippen molar-refractivity contribution in [2.75, 3.05) is 11.5 Å². The first-order chi connectivity index (χ1) is 4.13. The van der Waals surface area contributed by atoms with Crippen LogP contribution in [0.3, 0.4) is 0 Å². The Balaban J connectivity index is 0. The van der Waals surface area contributed by atoms with Crippen LogP contribution >= 0.6 is 11.8 Å². The Morgan fingerprint density at radius 1 is 1.60 bits per heavy atom. The topological polar surface area (TPSA) is 40.1 Å². The molecule has 0 aromatic carbocycles. The van der Waals surface area contributed by atoms with Crippen LogP contribution in [0, 0.1) is 0 Å². The van der Waals surface area contributed by atoms with Gasteiger partial charge in [-0.2, -0.15) is 11.8 Å². The zero-order valence-electron chi connectivity index (χ0n) is 6.62. The van der Waals surface area contributed by atoms with E-state index < -0.39 is 11.1 Å². The first-order valence-corrected chi connectivity index (χ1v) is 5.09. The number of hydrogen-bond donors (Lipinski definition) is 0. The van der Waals surface area contributed by atoms with Crippen molar-refractivity contribution in [3.05, 3.63) is 0 Å². The molecule has 0 aromatic heterocycles. The van der Waals surface area contributed by atoms with Crippen molar-refractivity contribution in [1.82, 2.24) is 0 Å². The predicted octanol–water partition coefficient (Wildman–Crippen LogP) is -1.99. The van der Waals surface area contributed by atoms with Gasteiger partial charge in [-0.25, -0.2) is 0 Å². The Morgan fingerprint density at radius 3 is 2.40 bits per heavy atom. The summed E-state index contributed by atoms with van der Waals surface area (Å²) in [7, 11) is 0. The summed E-state index contributed by atoms with van der Waals surface area (Å²) in [6, 6.07) is 0. The summed E-state index contributed by atoms with van der Waals surface area (Å²) in [6.07, 6.45) is 0. The SMILES string of the molecule is CC(C)SCCS(=O)[O-].[Na+]. The van der Waals surface area contributed by atoms with Crippen LogP contribution in [0.25, 0.3) is 0 Å². The smallest absolute Gasteiger partial charge is 0.772 e. The predicted molar refractivity (Wildman–Crippen MR) is 41.4 cm³/mol. The fraction of sp³-hybridized carbons (Fsp3) is 1.00. The molecule has 1 unspecified atom stereocenters. The maximum Gasteiger partial charge on any atom is 1.00 e. The third-order valence-electron chi connectivity index (χ3n) is 0.701. The molecule has 0 aliphatic heterocycles. The third kappa shape index (κ3) is 12.2. The second kappa shape index (κ2) is 8.56. The molecule has 0 spiro atoms. The summed E-state index contributed by atoms with van der Waals surface area (Å²) in [4.78, 5) is 0. The van der Waals surface area contributed by atoms with Crippen molar-refractivity contribution >= 4 is 22.8 Å². The number of thioether (sulfide) groups is 1. The summed E-state index contributed by atoms with van der Waals surface area (Å²) in [5.41, 5.74) is 0. The summed E-state index contributed by atoms with van der Waals surface area (Å²) in [5, 5.41) is 0.536. The Hall–Kier alpha value is 1.46. The summed E-state index contributed by atoms with van der Waals surface area (Å²) < 4.78 is 19.9. The van der Waals surface area contributed by atoms with E-state index in [1.165, 1.54) is 0 Å². The molecule has 0 aliphatic rings. The van der Waals surface area contributed by atoms with Crippen LogP contribution in [0.4, 0.5) is 0 Å². The zero-order valence-corrected chi connectivity index (χ0v) is 10.3. The second-order valence-electron chi connectivity index (χ2n) is 1.93. The average Bonchev–Trinajstić information content (AvgIpc) is 1.63. The monoisotopic (exact) mass is 190 g/mol. The Kier molecular flexibility index (Phi) is 12.0. The molecule has 0 aliphatic carbocycles. The molecule has 0 rings (SSSR count). The molecule has 0 saturated carbocycles. The van der Waals surface area contributed by atoms with E-state index in [-0.39, 0.29) is 35.3 Å². The van der Waals surface area contributed by atoms with E-state index in [1.54, 1.807) is 11.8 Å². The minimum atomic E-state index is -1.85. The Labute approximate surface area is 91.1 Å². The molecule has 0 amide bonds. The van der Waals surface area contributed by atoms with E-state index in [4.69, 9.17) is 0 Å². The van der Waals surface area contributed by atoms with Gasteiger partial charge < -0.3 is 4.55 Å². The van der Waals surface area contributed by atoms with Gasteiger partial charge in [0.15, 0.2) is 0 Å². The molecule has 0 heterocycles. The Bertz CT molecular complexity index is 97.6. The molecule has 0 fully saturated rings. The van der Waals surface area contributed by atoms with Crippen LogP contribution in [0.1, 0.15) is 13.8 Å². The molecule has 0 radical (unpaired) electrons. The third-order valence-corrected chi connectivity index (χ3v) is 2.60. The van der Waals surface area contributed by atoms with Crippen molar-refractivity contribution in [3.63, 3.8) is 0 Å². The molecule has 10 heavy (non-hydrogen) atoms. The molecule has 0 bridgehead atoms. The zero-order chi connectivity index (χ0) is 7.28. The quantitative estimate of drug-likeness (QED) is 0.381. The van der Waals surface area contributed by atoms with Crippen molar-refractivity contribution in [3.8, 4) is 0 Å². The van der Waals surface area contributed by atoms with Gasteiger partial charge in [0.05, 0.1) is 0 Å². The van der Waals surface area contributed by atoms with Crippen molar-refractivity contribution < 1.29 is 38.3 Å². The second-order valence-corrected chi connectivity index (χ2v) is 4.63. The first kappa shape index (κ1) is 14.0.